The number of benzene rings is 2. The number of nitrogens with zero attached hydrogens (tertiary/aromatic N) is 3. The summed E-state index contributed by atoms with van der Waals surface area (Å²) in [5.41, 5.74) is 7.35. The van der Waals surface area contributed by atoms with Crippen LogP contribution in [0.2, 0.25) is 0 Å². The van der Waals surface area contributed by atoms with Crippen LogP contribution >= 0.6 is 0 Å². The van der Waals surface area contributed by atoms with Gasteiger partial charge in [-0.3, -0.25) is 14.6 Å². The van der Waals surface area contributed by atoms with Gasteiger partial charge < -0.3 is 15.4 Å². The number of carbonyl (C=O) groups excluding carboxylic acids is 3. The van der Waals surface area contributed by atoms with Crippen LogP contribution in [-0.4, -0.2) is 59.7 Å². The summed E-state index contributed by atoms with van der Waals surface area (Å²) in [6, 6.07) is 6.61. The monoisotopic (exact) mass is 558 g/mol. The fourth-order valence-electron chi connectivity index (χ4n) is 5.74. The summed E-state index contributed by atoms with van der Waals surface area (Å²) in [5, 5.41) is 0. The molecular weight excluding hydrogens is 532 g/mol. The maximum Gasteiger partial charge on any atom is 0.418 e. The van der Waals surface area contributed by atoms with E-state index in [1.54, 1.807) is 25.4 Å². The van der Waals surface area contributed by atoms with Crippen LogP contribution in [0.3, 0.4) is 0 Å². The molecule has 1 aliphatic carbocycles. The van der Waals surface area contributed by atoms with Gasteiger partial charge in [0.25, 0.3) is 5.91 Å². The van der Waals surface area contributed by atoms with Crippen molar-refractivity contribution in [2.75, 3.05) is 13.6 Å². The van der Waals surface area contributed by atoms with Crippen LogP contribution in [0, 0.1) is 5.82 Å². The first kappa shape index (κ1) is 27.4. The number of hydrogen-bond donors (Lipinski definition) is 1. The second kappa shape index (κ2) is 10.1. The molecule has 0 bridgehead atoms. The number of halogens is 4. The predicted octanol–water partition coefficient (Wildman–Crippen LogP) is 3.85. The summed E-state index contributed by atoms with van der Waals surface area (Å²) in [5.74, 6) is -2.45. The van der Waals surface area contributed by atoms with Crippen LogP contribution in [0.4, 0.5) is 22.4 Å². The Morgan fingerprint density at radius 3 is 2.62 bits per heavy atom. The standard InChI is InChI=1S/C28H26F4N4O4/c1-34-13-20(12-33)16-3-6-22-18(10-16)8-9-27(22)25(38)36(26(39)40-27)15-24(37)35-14-19-2-5-21(29)11-17(19)4-7-23(35)28(30,31)32/h2-3,5-6,10-13,23H,4,7-9,14-15,33H2,1H3/t23-,27?/m0/s1. The Morgan fingerprint density at radius 1 is 1.15 bits per heavy atom. The number of allylic oxidation sites excluding steroid dienone is 1. The number of ether oxygens (including phenoxy) is 1. The highest BCUT2D eigenvalue weighted by molar-refractivity contribution is 6.10. The lowest BCUT2D eigenvalue weighted by Crippen LogP contribution is -2.52. The van der Waals surface area contributed by atoms with Gasteiger partial charge in [0, 0.05) is 43.6 Å². The molecule has 12 heteroatoms. The molecule has 3 aliphatic rings. The second-order valence-electron chi connectivity index (χ2n) is 10.00. The SMILES string of the molecule is CN=CC(=CN)c1ccc2c(c1)CCC21OC(=O)N(CC(=O)N2Cc3ccc(F)cc3CC[C@H]2C(F)(F)F)C1=O. The first-order chi connectivity index (χ1) is 19.0. The largest absolute Gasteiger partial charge is 0.427 e. The van der Waals surface area contributed by atoms with Crippen LogP contribution in [0.25, 0.3) is 5.57 Å². The van der Waals surface area contributed by atoms with E-state index in [4.69, 9.17) is 10.5 Å². The van der Waals surface area contributed by atoms with Gasteiger partial charge >= 0.3 is 12.3 Å². The Kier molecular flexibility index (Phi) is 6.89. The van der Waals surface area contributed by atoms with E-state index < -0.39 is 61.1 Å². The first-order valence-corrected chi connectivity index (χ1v) is 12.6. The zero-order valence-electron chi connectivity index (χ0n) is 21.5. The van der Waals surface area contributed by atoms with Gasteiger partial charge in [-0.25, -0.2) is 14.1 Å². The van der Waals surface area contributed by atoms with Gasteiger partial charge in [-0.2, -0.15) is 13.2 Å². The van der Waals surface area contributed by atoms with Crippen molar-refractivity contribution in [1.82, 2.24) is 9.80 Å². The number of aliphatic imine (C=N–C) groups is 1. The van der Waals surface area contributed by atoms with Crippen molar-refractivity contribution in [3.8, 4) is 0 Å². The summed E-state index contributed by atoms with van der Waals surface area (Å²) in [4.78, 5) is 44.9. The van der Waals surface area contributed by atoms with Crippen LogP contribution in [0.1, 0.15) is 40.7 Å². The van der Waals surface area contributed by atoms with Gasteiger partial charge in [-0.05, 0) is 53.6 Å². The third-order valence-electron chi connectivity index (χ3n) is 7.70. The average Bonchev–Trinajstić information content (AvgIpc) is 3.29. The highest BCUT2D eigenvalue weighted by Crippen LogP contribution is 2.46. The van der Waals surface area contributed by atoms with Crippen LogP contribution in [0.5, 0.6) is 0 Å². The van der Waals surface area contributed by atoms with E-state index in [0.717, 1.165) is 23.3 Å². The molecule has 2 N–H and O–H groups in total. The number of amides is 3. The molecule has 3 amide bonds. The summed E-state index contributed by atoms with van der Waals surface area (Å²) in [6.45, 7) is -1.35. The van der Waals surface area contributed by atoms with Crippen LogP contribution < -0.4 is 5.73 Å². The summed E-state index contributed by atoms with van der Waals surface area (Å²) < 4.78 is 61.3. The van der Waals surface area contributed by atoms with Gasteiger partial charge in [0.1, 0.15) is 18.4 Å². The first-order valence-electron chi connectivity index (χ1n) is 12.6. The molecule has 0 aromatic heterocycles. The smallest absolute Gasteiger partial charge is 0.418 e. The van der Waals surface area contributed by atoms with Gasteiger partial charge in [0.2, 0.25) is 11.5 Å². The van der Waals surface area contributed by atoms with Crippen molar-refractivity contribution >= 4 is 29.7 Å². The van der Waals surface area contributed by atoms with Crippen molar-refractivity contribution in [3.05, 3.63) is 76.2 Å². The number of hydrogen-bond acceptors (Lipinski definition) is 6. The summed E-state index contributed by atoms with van der Waals surface area (Å²) in [7, 11) is 1.60. The molecule has 1 spiro atoms. The third-order valence-corrected chi connectivity index (χ3v) is 7.70. The fraction of sp³-hybridized carbons (Fsp3) is 0.357. The third kappa shape index (κ3) is 4.61. The molecule has 40 heavy (non-hydrogen) atoms. The van der Waals surface area contributed by atoms with Crippen molar-refractivity contribution in [1.29, 1.82) is 0 Å². The van der Waals surface area contributed by atoms with Gasteiger partial charge in [0.15, 0.2) is 0 Å². The molecule has 8 nitrogen and oxygen atoms in total. The maximum absolute atomic E-state index is 14.0. The topological polar surface area (TPSA) is 105 Å². The Labute approximate surface area is 227 Å². The average molecular weight is 559 g/mol. The molecule has 0 radical (unpaired) electrons. The molecule has 2 aliphatic heterocycles. The zero-order chi connectivity index (χ0) is 28.8. The Hall–Kier alpha value is -4.22. The molecule has 1 saturated heterocycles. The summed E-state index contributed by atoms with van der Waals surface area (Å²) >= 11 is 0. The highest BCUT2D eigenvalue weighted by atomic mass is 19.4. The van der Waals surface area contributed by atoms with E-state index >= 15 is 0 Å². The minimum atomic E-state index is -4.77. The van der Waals surface area contributed by atoms with Gasteiger partial charge in [-0.1, -0.05) is 24.3 Å². The van der Waals surface area contributed by atoms with Crippen molar-refractivity contribution in [2.45, 2.75) is 50.0 Å². The van der Waals surface area contributed by atoms with Crippen molar-refractivity contribution in [2.24, 2.45) is 10.7 Å². The quantitative estimate of drug-likeness (QED) is 0.454. The maximum atomic E-state index is 14.0. The lowest BCUT2D eigenvalue weighted by molar-refractivity contribution is -0.192. The minimum Gasteiger partial charge on any atom is -0.427 e. The summed E-state index contributed by atoms with van der Waals surface area (Å²) in [6.07, 6.45) is -2.96. The van der Waals surface area contributed by atoms with E-state index in [1.165, 1.54) is 12.3 Å². The molecule has 1 unspecified atom stereocenters. The number of carbonyl (C=O) groups is 3. The fourth-order valence-corrected chi connectivity index (χ4v) is 5.74. The van der Waals surface area contributed by atoms with Crippen molar-refractivity contribution in [3.63, 3.8) is 0 Å². The molecule has 5 rings (SSSR count). The number of alkyl halides is 3. The normalized spacial score (nSPS) is 23.0. The predicted molar refractivity (Wildman–Crippen MR) is 136 cm³/mol. The van der Waals surface area contributed by atoms with E-state index in [-0.39, 0.29) is 12.8 Å². The number of fused-ring (bicyclic) bond motifs is 3. The van der Waals surface area contributed by atoms with E-state index in [2.05, 4.69) is 4.99 Å². The van der Waals surface area contributed by atoms with Gasteiger partial charge in [0.05, 0.1) is 0 Å². The Morgan fingerprint density at radius 2 is 1.93 bits per heavy atom. The highest BCUT2D eigenvalue weighted by Gasteiger charge is 2.59. The number of imide groups is 1. The van der Waals surface area contributed by atoms with Crippen LogP contribution in [-0.2, 0) is 39.3 Å². The molecule has 2 heterocycles. The zero-order valence-corrected chi connectivity index (χ0v) is 21.5. The van der Waals surface area contributed by atoms with E-state index in [0.29, 0.717) is 38.5 Å². The molecule has 2 aromatic carbocycles. The van der Waals surface area contributed by atoms with Crippen molar-refractivity contribution < 1.29 is 36.7 Å². The minimum absolute atomic E-state index is 0.0845. The molecule has 2 atom stereocenters. The molecule has 2 aromatic rings. The lowest BCUT2D eigenvalue weighted by Gasteiger charge is -2.32. The number of nitrogens with two attached hydrogens (primary N) is 1. The lowest BCUT2D eigenvalue weighted by atomic mass is 9.93. The Balaban J connectivity index is 1.41. The van der Waals surface area contributed by atoms with E-state index in [9.17, 15) is 31.9 Å². The Bertz CT molecular complexity index is 1450. The molecule has 0 saturated carbocycles. The number of rotatable bonds is 4. The molecular formula is C28H26F4N4O4. The molecule has 1 fully saturated rings. The van der Waals surface area contributed by atoms with Gasteiger partial charge in [-0.15, -0.1) is 0 Å². The van der Waals surface area contributed by atoms with Crippen LogP contribution in [0.15, 0.2) is 47.6 Å². The molecule has 210 valence electrons. The second-order valence-corrected chi connectivity index (χ2v) is 10.00. The van der Waals surface area contributed by atoms with E-state index in [1.807, 2.05) is 6.07 Å². The number of aryl methyl sites for hydroxylation is 2.